The van der Waals surface area contributed by atoms with E-state index in [0.717, 1.165) is 6.42 Å². The lowest BCUT2D eigenvalue weighted by Crippen LogP contribution is -2.00. The fraction of sp³-hybridized carbons (Fsp3) is 0.400. The van der Waals surface area contributed by atoms with Gasteiger partial charge in [0.2, 0.25) is 0 Å². The summed E-state index contributed by atoms with van der Waals surface area (Å²) in [5.74, 6) is -2.56. The second kappa shape index (κ2) is 4.82. The molecule has 0 amide bonds. The fourth-order valence-electron chi connectivity index (χ4n) is 1.25. The standard InChI is InChI=1S/C10H10BrF3/c1-2-3-7(11)10-8(13)4-6(12)5-9(10)14/h4-5,7H,2-3H2,1H3. The van der Waals surface area contributed by atoms with Crippen molar-refractivity contribution in [3.63, 3.8) is 0 Å². The largest absolute Gasteiger partial charge is 0.207 e. The number of hydrogen-bond donors (Lipinski definition) is 0. The van der Waals surface area contributed by atoms with E-state index in [1.54, 1.807) is 0 Å². The first-order valence-electron chi connectivity index (χ1n) is 4.34. The van der Waals surface area contributed by atoms with Crippen molar-refractivity contribution < 1.29 is 13.2 Å². The molecule has 4 heteroatoms. The lowest BCUT2D eigenvalue weighted by molar-refractivity contribution is 0.518. The number of hydrogen-bond acceptors (Lipinski definition) is 0. The summed E-state index contributed by atoms with van der Waals surface area (Å²) in [5.41, 5.74) is -0.0896. The molecular formula is C10H10BrF3. The molecule has 0 aromatic heterocycles. The third kappa shape index (κ3) is 2.50. The Hall–Kier alpha value is -0.510. The molecule has 14 heavy (non-hydrogen) atoms. The van der Waals surface area contributed by atoms with Crippen LogP contribution < -0.4 is 0 Å². The molecule has 0 heterocycles. The minimum Gasteiger partial charge on any atom is -0.207 e. The molecule has 0 aliphatic heterocycles. The Balaban J connectivity index is 3.07. The van der Waals surface area contributed by atoms with Gasteiger partial charge >= 0.3 is 0 Å². The maximum atomic E-state index is 13.2. The van der Waals surface area contributed by atoms with Gasteiger partial charge in [-0.25, -0.2) is 13.2 Å². The van der Waals surface area contributed by atoms with Crippen LogP contribution in [-0.2, 0) is 0 Å². The summed E-state index contributed by atoms with van der Waals surface area (Å²) in [5, 5.41) is 0. The Bertz CT molecular complexity index is 302. The van der Waals surface area contributed by atoms with E-state index in [9.17, 15) is 13.2 Å². The van der Waals surface area contributed by atoms with Crippen molar-refractivity contribution in [1.82, 2.24) is 0 Å². The Morgan fingerprint density at radius 2 is 1.71 bits per heavy atom. The summed E-state index contributed by atoms with van der Waals surface area (Å²) in [6, 6.07) is 1.39. The minimum atomic E-state index is -0.889. The molecule has 0 spiro atoms. The van der Waals surface area contributed by atoms with E-state index in [-0.39, 0.29) is 5.56 Å². The Morgan fingerprint density at radius 3 is 2.14 bits per heavy atom. The van der Waals surface area contributed by atoms with Crippen molar-refractivity contribution in [2.75, 3.05) is 0 Å². The van der Waals surface area contributed by atoms with Crippen LogP contribution in [0, 0.1) is 17.5 Å². The van der Waals surface area contributed by atoms with Crippen LogP contribution in [0.15, 0.2) is 12.1 Å². The van der Waals surface area contributed by atoms with Gasteiger partial charge in [-0.2, -0.15) is 0 Å². The zero-order valence-corrected chi connectivity index (χ0v) is 9.24. The van der Waals surface area contributed by atoms with E-state index < -0.39 is 22.3 Å². The monoisotopic (exact) mass is 266 g/mol. The zero-order valence-electron chi connectivity index (χ0n) is 7.66. The molecule has 0 radical (unpaired) electrons. The van der Waals surface area contributed by atoms with Gasteiger partial charge in [0, 0.05) is 22.5 Å². The van der Waals surface area contributed by atoms with E-state index >= 15 is 0 Å². The van der Waals surface area contributed by atoms with Gasteiger partial charge < -0.3 is 0 Å². The van der Waals surface area contributed by atoms with E-state index in [2.05, 4.69) is 15.9 Å². The highest BCUT2D eigenvalue weighted by atomic mass is 79.9. The van der Waals surface area contributed by atoms with Crippen molar-refractivity contribution in [2.24, 2.45) is 0 Å². The van der Waals surface area contributed by atoms with Crippen molar-refractivity contribution >= 4 is 15.9 Å². The van der Waals surface area contributed by atoms with E-state index in [1.165, 1.54) is 0 Å². The van der Waals surface area contributed by atoms with E-state index in [0.29, 0.717) is 18.6 Å². The summed E-state index contributed by atoms with van der Waals surface area (Å²) >= 11 is 3.17. The van der Waals surface area contributed by atoms with Crippen LogP contribution in [0.4, 0.5) is 13.2 Å². The fourth-order valence-corrected chi connectivity index (χ4v) is 2.15. The summed E-state index contributed by atoms with van der Waals surface area (Å²) in [4.78, 5) is -0.395. The summed E-state index contributed by atoms with van der Waals surface area (Å²) in [6.45, 7) is 1.91. The molecule has 1 unspecified atom stereocenters. The molecule has 0 N–H and O–H groups in total. The maximum Gasteiger partial charge on any atom is 0.133 e. The van der Waals surface area contributed by atoms with Crippen molar-refractivity contribution in [3.8, 4) is 0 Å². The van der Waals surface area contributed by atoms with Crippen molar-refractivity contribution in [1.29, 1.82) is 0 Å². The van der Waals surface area contributed by atoms with Crippen LogP contribution in [0.5, 0.6) is 0 Å². The second-order valence-electron chi connectivity index (χ2n) is 3.04. The maximum absolute atomic E-state index is 13.2. The molecule has 0 bridgehead atoms. The molecule has 0 fully saturated rings. The molecule has 78 valence electrons. The van der Waals surface area contributed by atoms with Gasteiger partial charge in [-0.05, 0) is 6.42 Å². The highest BCUT2D eigenvalue weighted by Gasteiger charge is 2.18. The zero-order chi connectivity index (χ0) is 10.7. The van der Waals surface area contributed by atoms with Crippen LogP contribution in [-0.4, -0.2) is 0 Å². The van der Waals surface area contributed by atoms with Gasteiger partial charge in [0.15, 0.2) is 0 Å². The second-order valence-corrected chi connectivity index (χ2v) is 4.14. The first-order valence-corrected chi connectivity index (χ1v) is 5.26. The van der Waals surface area contributed by atoms with Crippen LogP contribution >= 0.6 is 15.9 Å². The predicted molar refractivity (Wildman–Crippen MR) is 52.9 cm³/mol. The molecule has 0 saturated carbocycles. The molecule has 0 saturated heterocycles. The molecule has 1 rings (SSSR count). The topological polar surface area (TPSA) is 0 Å². The minimum absolute atomic E-state index is 0.0896. The molecule has 0 aliphatic carbocycles. The van der Waals surface area contributed by atoms with Crippen LogP contribution in [0.25, 0.3) is 0 Å². The quantitative estimate of drug-likeness (QED) is 0.714. The summed E-state index contributed by atoms with van der Waals surface area (Å²) < 4.78 is 38.9. The Kier molecular flexibility index (Phi) is 3.98. The average Bonchev–Trinajstić information content (AvgIpc) is 2.01. The Morgan fingerprint density at radius 1 is 1.21 bits per heavy atom. The molecule has 1 aromatic rings. The smallest absolute Gasteiger partial charge is 0.133 e. The SMILES string of the molecule is CCCC(Br)c1c(F)cc(F)cc1F. The number of alkyl halides is 1. The average molecular weight is 267 g/mol. The van der Waals surface area contributed by atoms with Crippen molar-refractivity contribution in [2.45, 2.75) is 24.6 Å². The lowest BCUT2D eigenvalue weighted by Gasteiger charge is -2.10. The van der Waals surface area contributed by atoms with Gasteiger partial charge in [-0.3, -0.25) is 0 Å². The summed E-state index contributed by atoms with van der Waals surface area (Å²) in [7, 11) is 0. The molecule has 0 aliphatic rings. The van der Waals surface area contributed by atoms with Gasteiger partial charge in [0.05, 0.1) is 0 Å². The van der Waals surface area contributed by atoms with Gasteiger partial charge in [0.1, 0.15) is 17.5 Å². The van der Waals surface area contributed by atoms with Gasteiger partial charge in [-0.1, -0.05) is 29.3 Å². The van der Waals surface area contributed by atoms with E-state index in [4.69, 9.17) is 0 Å². The third-order valence-electron chi connectivity index (χ3n) is 1.90. The predicted octanol–water partition coefficient (Wildman–Crippen LogP) is 4.34. The lowest BCUT2D eigenvalue weighted by atomic mass is 10.1. The summed E-state index contributed by atoms with van der Waals surface area (Å²) in [6.07, 6.45) is 1.41. The van der Waals surface area contributed by atoms with E-state index in [1.807, 2.05) is 6.92 Å². The molecule has 1 atom stereocenters. The Labute approximate surface area is 89.3 Å². The molecule has 1 aromatic carbocycles. The van der Waals surface area contributed by atoms with Crippen LogP contribution in [0.2, 0.25) is 0 Å². The van der Waals surface area contributed by atoms with Crippen LogP contribution in [0.1, 0.15) is 30.2 Å². The highest BCUT2D eigenvalue weighted by Crippen LogP contribution is 2.32. The third-order valence-corrected chi connectivity index (χ3v) is 2.81. The molecule has 0 nitrogen and oxygen atoms in total. The highest BCUT2D eigenvalue weighted by molar-refractivity contribution is 9.09. The van der Waals surface area contributed by atoms with Gasteiger partial charge in [0.25, 0.3) is 0 Å². The number of rotatable bonds is 3. The first-order chi connectivity index (χ1) is 6.56. The molecular weight excluding hydrogens is 257 g/mol. The normalized spacial score (nSPS) is 12.9. The number of halogens is 4. The van der Waals surface area contributed by atoms with Crippen molar-refractivity contribution in [3.05, 3.63) is 35.1 Å². The van der Waals surface area contributed by atoms with Crippen LogP contribution in [0.3, 0.4) is 0 Å². The van der Waals surface area contributed by atoms with Gasteiger partial charge in [-0.15, -0.1) is 0 Å². The number of benzene rings is 1. The first kappa shape index (κ1) is 11.6.